The highest BCUT2D eigenvalue weighted by atomic mass is 16.5. The molecule has 2 aromatic carbocycles. The predicted octanol–water partition coefficient (Wildman–Crippen LogP) is 3.80. The molecular weight excluding hydrogens is 234 g/mol. The highest BCUT2D eigenvalue weighted by Crippen LogP contribution is 2.25. The Morgan fingerprint density at radius 3 is 2.42 bits per heavy atom. The number of ether oxygens (including phenoxy) is 1. The van der Waals surface area contributed by atoms with Crippen molar-refractivity contribution in [3.8, 4) is 5.75 Å². The van der Waals surface area contributed by atoms with E-state index >= 15 is 0 Å². The molecule has 98 valence electrons. The van der Waals surface area contributed by atoms with Gasteiger partial charge in [-0.1, -0.05) is 60.7 Å². The summed E-state index contributed by atoms with van der Waals surface area (Å²) in [5.41, 5.74) is 8.00. The van der Waals surface area contributed by atoms with E-state index in [2.05, 4.69) is 0 Å². The summed E-state index contributed by atoms with van der Waals surface area (Å²) in [7, 11) is 0. The Hall–Kier alpha value is -2.06. The smallest absolute Gasteiger partial charge is 0.136 e. The molecule has 2 aromatic rings. The molecule has 0 radical (unpaired) electrons. The van der Waals surface area contributed by atoms with Gasteiger partial charge in [0.25, 0.3) is 0 Å². The lowest BCUT2D eigenvalue weighted by atomic mass is 10.1. The van der Waals surface area contributed by atoms with Crippen LogP contribution >= 0.6 is 0 Å². The zero-order valence-corrected chi connectivity index (χ0v) is 11.1. The van der Waals surface area contributed by atoms with Crippen molar-refractivity contribution in [2.24, 2.45) is 5.73 Å². The van der Waals surface area contributed by atoms with E-state index in [1.165, 1.54) is 0 Å². The second-order valence-electron chi connectivity index (χ2n) is 4.29. The molecule has 2 heteroatoms. The molecule has 1 atom stereocenters. The number of nitrogens with two attached hydrogens (primary N) is 1. The van der Waals surface area contributed by atoms with Gasteiger partial charge in [0.2, 0.25) is 0 Å². The molecule has 2 nitrogen and oxygen atoms in total. The van der Waals surface area contributed by atoms with Crippen molar-refractivity contribution in [1.29, 1.82) is 0 Å². The quantitative estimate of drug-likeness (QED) is 0.879. The molecule has 0 saturated carbocycles. The summed E-state index contributed by atoms with van der Waals surface area (Å²) in [4.78, 5) is 0. The first-order valence-electron chi connectivity index (χ1n) is 6.48. The molecule has 0 heterocycles. The molecule has 0 spiro atoms. The van der Waals surface area contributed by atoms with Crippen molar-refractivity contribution < 1.29 is 4.74 Å². The number of allylic oxidation sites excluding steroid dienone is 1. The lowest BCUT2D eigenvalue weighted by Gasteiger charge is -2.19. The molecule has 2 rings (SSSR count). The molecule has 0 aromatic heterocycles. The van der Waals surface area contributed by atoms with E-state index in [4.69, 9.17) is 10.5 Å². The van der Waals surface area contributed by atoms with Crippen molar-refractivity contribution in [2.45, 2.75) is 13.0 Å². The van der Waals surface area contributed by atoms with Crippen LogP contribution in [0.3, 0.4) is 0 Å². The van der Waals surface area contributed by atoms with E-state index in [0.29, 0.717) is 6.54 Å². The van der Waals surface area contributed by atoms with Crippen LogP contribution in [0.15, 0.2) is 60.7 Å². The zero-order chi connectivity index (χ0) is 13.5. The molecule has 0 aliphatic heterocycles. The molecule has 19 heavy (non-hydrogen) atoms. The molecule has 0 amide bonds. The maximum absolute atomic E-state index is 6.06. The minimum Gasteiger partial charge on any atom is -0.484 e. The van der Waals surface area contributed by atoms with E-state index in [1.54, 1.807) is 0 Å². The van der Waals surface area contributed by atoms with Gasteiger partial charge in [-0.25, -0.2) is 0 Å². The third-order valence-corrected chi connectivity index (χ3v) is 2.92. The molecule has 0 bridgehead atoms. The molecule has 0 aliphatic carbocycles. The van der Waals surface area contributed by atoms with Gasteiger partial charge in [0, 0.05) is 12.1 Å². The van der Waals surface area contributed by atoms with Crippen LogP contribution in [0.4, 0.5) is 0 Å². The van der Waals surface area contributed by atoms with Crippen molar-refractivity contribution in [1.82, 2.24) is 0 Å². The maximum atomic E-state index is 6.06. The lowest BCUT2D eigenvalue weighted by Crippen LogP contribution is -2.18. The van der Waals surface area contributed by atoms with E-state index in [1.807, 2.05) is 73.7 Å². The normalized spacial score (nSPS) is 12.5. The first kappa shape index (κ1) is 13.4. The largest absolute Gasteiger partial charge is 0.484 e. The maximum Gasteiger partial charge on any atom is 0.136 e. The monoisotopic (exact) mass is 253 g/mol. The van der Waals surface area contributed by atoms with Crippen LogP contribution in [0, 0.1) is 0 Å². The average molecular weight is 253 g/mol. The summed E-state index contributed by atoms with van der Waals surface area (Å²) >= 11 is 0. The highest BCUT2D eigenvalue weighted by molar-refractivity contribution is 5.56. The van der Waals surface area contributed by atoms with Gasteiger partial charge in [-0.2, -0.15) is 0 Å². The van der Waals surface area contributed by atoms with Gasteiger partial charge in [0.15, 0.2) is 0 Å². The van der Waals surface area contributed by atoms with Crippen molar-refractivity contribution >= 4 is 6.08 Å². The third kappa shape index (κ3) is 3.46. The van der Waals surface area contributed by atoms with Crippen LogP contribution in [0.2, 0.25) is 0 Å². The summed E-state index contributed by atoms with van der Waals surface area (Å²) in [5.74, 6) is 0.861. The summed E-state index contributed by atoms with van der Waals surface area (Å²) in [5, 5.41) is 0. The Morgan fingerprint density at radius 1 is 1.05 bits per heavy atom. The Labute approximate surface area is 114 Å². The van der Waals surface area contributed by atoms with E-state index < -0.39 is 0 Å². The van der Waals surface area contributed by atoms with Crippen LogP contribution in [-0.2, 0) is 0 Å². The van der Waals surface area contributed by atoms with Crippen LogP contribution in [0.25, 0.3) is 6.08 Å². The van der Waals surface area contributed by atoms with Crippen LogP contribution < -0.4 is 10.5 Å². The topological polar surface area (TPSA) is 35.2 Å². The van der Waals surface area contributed by atoms with Gasteiger partial charge in [-0.3, -0.25) is 0 Å². The van der Waals surface area contributed by atoms with E-state index in [-0.39, 0.29) is 6.10 Å². The average Bonchev–Trinajstić information content (AvgIpc) is 2.47. The van der Waals surface area contributed by atoms with Crippen LogP contribution in [0.1, 0.15) is 24.2 Å². The fourth-order valence-electron chi connectivity index (χ4n) is 1.98. The van der Waals surface area contributed by atoms with Gasteiger partial charge in [0.1, 0.15) is 11.9 Å². The standard InChI is InChI=1S/C17H19NO/c1-2-8-14-11-6-7-12-16(14)19-17(13-18)15-9-4-3-5-10-15/h2-12,17H,13,18H2,1H3. The highest BCUT2D eigenvalue weighted by Gasteiger charge is 2.12. The Morgan fingerprint density at radius 2 is 1.74 bits per heavy atom. The SMILES string of the molecule is CC=Cc1ccccc1OC(CN)c1ccccc1. The summed E-state index contributed by atoms with van der Waals surface area (Å²) < 4.78 is 6.06. The first-order valence-corrected chi connectivity index (χ1v) is 6.48. The van der Waals surface area contributed by atoms with E-state index in [9.17, 15) is 0 Å². The first-order chi connectivity index (χ1) is 9.35. The summed E-state index contributed by atoms with van der Waals surface area (Å²) in [6.45, 7) is 2.45. The van der Waals surface area contributed by atoms with Gasteiger partial charge in [-0.05, 0) is 18.6 Å². The molecule has 0 saturated heterocycles. The summed E-state index contributed by atoms with van der Waals surface area (Å²) in [6, 6.07) is 18.0. The van der Waals surface area contributed by atoms with Crippen LogP contribution in [-0.4, -0.2) is 6.54 Å². The molecular formula is C17H19NO. The minimum atomic E-state index is -0.118. The predicted molar refractivity (Wildman–Crippen MR) is 80.0 cm³/mol. The Balaban J connectivity index is 2.24. The van der Waals surface area contributed by atoms with Gasteiger partial charge in [0.05, 0.1) is 0 Å². The van der Waals surface area contributed by atoms with Gasteiger partial charge < -0.3 is 10.5 Å². The Bertz CT molecular complexity index is 534. The van der Waals surface area contributed by atoms with Crippen molar-refractivity contribution in [3.63, 3.8) is 0 Å². The zero-order valence-electron chi connectivity index (χ0n) is 11.1. The van der Waals surface area contributed by atoms with Gasteiger partial charge in [-0.15, -0.1) is 0 Å². The van der Waals surface area contributed by atoms with Crippen molar-refractivity contribution in [3.05, 3.63) is 71.8 Å². The second-order valence-corrected chi connectivity index (χ2v) is 4.29. The number of hydrogen-bond acceptors (Lipinski definition) is 2. The molecule has 0 aliphatic rings. The van der Waals surface area contributed by atoms with E-state index in [0.717, 1.165) is 16.9 Å². The third-order valence-electron chi connectivity index (χ3n) is 2.92. The van der Waals surface area contributed by atoms with Crippen LogP contribution in [0.5, 0.6) is 5.75 Å². The lowest BCUT2D eigenvalue weighted by molar-refractivity contribution is 0.214. The minimum absolute atomic E-state index is 0.118. The number of hydrogen-bond donors (Lipinski definition) is 1. The fourth-order valence-corrected chi connectivity index (χ4v) is 1.98. The number of benzene rings is 2. The molecule has 0 fully saturated rings. The fraction of sp³-hybridized carbons (Fsp3) is 0.176. The number of para-hydroxylation sites is 1. The number of rotatable bonds is 5. The Kier molecular flexibility index (Phi) is 4.76. The summed E-state index contributed by atoms with van der Waals surface area (Å²) in [6.07, 6.45) is 3.92. The molecule has 1 unspecified atom stereocenters. The van der Waals surface area contributed by atoms with Gasteiger partial charge >= 0.3 is 0 Å². The van der Waals surface area contributed by atoms with Crippen molar-refractivity contribution in [2.75, 3.05) is 6.54 Å². The second kappa shape index (κ2) is 6.76. The molecule has 2 N–H and O–H groups in total.